The van der Waals surface area contributed by atoms with E-state index >= 15 is 0 Å². The predicted molar refractivity (Wildman–Crippen MR) is 86.7 cm³/mol. The van der Waals surface area contributed by atoms with E-state index in [1.165, 1.54) is 0 Å². The first-order valence-corrected chi connectivity index (χ1v) is 6.12. The maximum atomic E-state index is 11.4. The topological polar surface area (TPSA) is 46.3 Å². The first kappa shape index (κ1) is 20.4. The molecule has 1 aromatic rings. The number of amides is 1. The number of nitrogens with zero attached hydrogens (tertiary/aromatic N) is 1. The molecule has 0 aromatic heterocycles. The highest BCUT2D eigenvalue weighted by atomic mass is 35.5. The van der Waals surface area contributed by atoms with Crippen LogP contribution in [0.1, 0.15) is 37.7 Å². The van der Waals surface area contributed by atoms with E-state index in [1.807, 2.05) is 43.3 Å². The number of anilines is 1. The summed E-state index contributed by atoms with van der Waals surface area (Å²) >= 11 is 0. The number of hydrogen-bond donors (Lipinski definition) is 1. The quantitative estimate of drug-likeness (QED) is 0.876. The van der Waals surface area contributed by atoms with Crippen LogP contribution in [0.3, 0.4) is 0 Å². The molecule has 1 rings (SSSR count). The van der Waals surface area contributed by atoms with E-state index in [0.717, 1.165) is 30.5 Å². The molecule has 1 atom stereocenters. The molecule has 0 radical (unpaired) electrons. The van der Waals surface area contributed by atoms with Crippen molar-refractivity contribution < 1.29 is 4.79 Å². The molecule has 0 aliphatic heterocycles. The van der Waals surface area contributed by atoms with Gasteiger partial charge >= 0.3 is 0 Å². The molecule has 0 fully saturated rings. The van der Waals surface area contributed by atoms with Gasteiger partial charge in [0.15, 0.2) is 0 Å². The van der Waals surface area contributed by atoms with E-state index in [9.17, 15) is 4.79 Å². The molecule has 3 nitrogen and oxygen atoms in total. The molecule has 0 aliphatic carbocycles. The van der Waals surface area contributed by atoms with Crippen LogP contribution in [0.25, 0.3) is 0 Å². The van der Waals surface area contributed by atoms with Crippen LogP contribution < -0.4 is 10.6 Å². The fourth-order valence-electron chi connectivity index (χ4n) is 1.89. The molecule has 0 saturated heterocycles. The zero-order chi connectivity index (χ0) is 12.8. The highest BCUT2D eigenvalue weighted by Crippen LogP contribution is 2.24. The SMILES string of the molecule is CCCCC(C(N)=O)c1ccc(N(C)C)cc1.Cl.Cl. The molecule has 1 aromatic carbocycles. The highest BCUT2D eigenvalue weighted by Gasteiger charge is 2.16. The van der Waals surface area contributed by atoms with Crippen molar-refractivity contribution in [3.63, 3.8) is 0 Å². The van der Waals surface area contributed by atoms with Gasteiger partial charge in [0.25, 0.3) is 0 Å². The Kier molecular flexibility index (Phi) is 10.7. The lowest BCUT2D eigenvalue weighted by Crippen LogP contribution is -2.21. The van der Waals surface area contributed by atoms with Crippen LogP contribution in [0, 0.1) is 0 Å². The molecule has 2 N–H and O–H groups in total. The summed E-state index contributed by atoms with van der Waals surface area (Å²) in [4.78, 5) is 13.5. The Bertz CT molecular complexity index is 366. The maximum absolute atomic E-state index is 11.4. The number of carbonyl (C=O) groups excluding carboxylic acids is 1. The summed E-state index contributed by atoms with van der Waals surface area (Å²) in [5.74, 6) is -0.373. The number of nitrogens with two attached hydrogens (primary N) is 1. The Labute approximate surface area is 128 Å². The van der Waals surface area contributed by atoms with Gasteiger partial charge in [0.05, 0.1) is 5.92 Å². The molecule has 0 bridgehead atoms. The predicted octanol–water partition coefficient (Wildman–Crippen LogP) is 3.36. The second-order valence-corrected chi connectivity index (χ2v) is 4.58. The first-order valence-electron chi connectivity index (χ1n) is 6.12. The van der Waals surface area contributed by atoms with Gasteiger partial charge in [-0.1, -0.05) is 31.9 Å². The fourth-order valence-corrected chi connectivity index (χ4v) is 1.89. The third-order valence-corrected chi connectivity index (χ3v) is 3.00. The number of carbonyl (C=O) groups is 1. The summed E-state index contributed by atoms with van der Waals surface area (Å²) in [6.45, 7) is 2.12. The number of benzene rings is 1. The molecular weight excluding hydrogens is 283 g/mol. The number of halogens is 2. The van der Waals surface area contributed by atoms with E-state index in [4.69, 9.17) is 5.73 Å². The summed E-state index contributed by atoms with van der Waals surface area (Å²) in [6.07, 6.45) is 2.95. The molecule has 1 unspecified atom stereocenters. The first-order chi connectivity index (χ1) is 8.06. The van der Waals surface area contributed by atoms with Gasteiger partial charge in [-0.2, -0.15) is 0 Å². The zero-order valence-corrected chi connectivity index (χ0v) is 13.4. The standard InChI is InChI=1S/C14H22N2O.2ClH/c1-4-5-6-13(14(15)17)11-7-9-12(10-8-11)16(2)3;;/h7-10,13H,4-6H2,1-3H3,(H2,15,17);2*1H. The van der Waals surface area contributed by atoms with Crippen molar-refractivity contribution in [1.29, 1.82) is 0 Å². The normalized spacial score (nSPS) is 10.9. The van der Waals surface area contributed by atoms with Crippen LogP contribution in [0.2, 0.25) is 0 Å². The average Bonchev–Trinajstić information content (AvgIpc) is 2.29. The Morgan fingerprint density at radius 3 is 2.11 bits per heavy atom. The van der Waals surface area contributed by atoms with Gasteiger partial charge in [-0.3, -0.25) is 4.79 Å². The smallest absolute Gasteiger partial charge is 0.224 e. The summed E-state index contributed by atoms with van der Waals surface area (Å²) < 4.78 is 0. The second kappa shape index (κ2) is 9.93. The largest absolute Gasteiger partial charge is 0.378 e. The zero-order valence-electron chi connectivity index (χ0n) is 11.8. The van der Waals surface area contributed by atoms with Crippen LogP contribution in [0.15, 0.2) is 24.3 Å². The molecular formula is C14H24Cl2N2O. The van der Waals surface area contributed by atoms with Gasteiger partial charge in [-0.25, -0.2) is 0 Å². The third kappa shape index (κ3) is 6.17. The molecule has 0 heterocycles. The summed E-state index contributed by atoms with van der Waals surface area (Å²) in [6, 6.07) is 8.05. The van der Waals surface area contributed by atoms with Crippen molar-refractivity contribution in [1.82, 2.24) is 0 Å². The molecule has 0 spiro atoms. The van der Waals surface area contributed by atoms with Crippen molar-refractivity contribution in [3.8, 4) is 0 Å². The molecule has 0 aliphatic rings. The Hall–Kier alpha value is -0.930. The van der Waals surface area contributed by atoms with Gasteiger partial charge in [-0.05, 0) is 24.1 Å². The van der Waals surface area contributed by atoms with E-state index in [2.05, 4.69) is 6.92 Å². The van der Waals surface area contributed by atoms with Crippen molar-refractivity contribution in [3.05, 3.63) is 29.8 Å². The van der Waals surface area contributed by atoms with Crippen LogP contribution >= 0.6 is 24.8 Å². The van der Waals surface area contributed by atoms with Gasteiger partial charge in [0.2, 0.25) is 5.91 Å². The minimum Gasteiger partial charge on any atom is -0.378 e. The fraction of sp³-hybridized carbons (Fsp3) is 0.500. The number of rotatable bonds is 6. The summed E-state index contributed by atoms with van der Waals surface area (Å²) in [7, 11) is 4.00. The number of hydrogen-bond acceptors (Lipinski definition) is 2. The molecule has 5 heteroatoms. The summed E-state index contributed by atoms with van der Waals surface area (Å²) in [5, 5.41) is 0. The van der Waals surface area contributed by atoms with Gasteiger partial charge in [0.1, 0.15) is 0 Å². The van der Waals surface area contributed by atoms with Gasteiger partial charge in [0, 0.05) is 19.8 Å². The van der Waals surface area contributed by atoms with Gasteiger partial charge < -0.3 is 10.6 Å². The minimum atomic E-state index is -0.226. The van der Waals surface area contributed by atoms with Crippen molar-refractivity contribution in [2.45, 2.75) is 32.1 Å². The Morgan fingerprint density at radius 2 is 1.74 bits per heavy atom. The van der Waals surface area contributed by atoms with Crippen LogP contribution in [-0.4, -0.2) is 20.0 Å². The summed E-state index contributed by atoms with van der Waals surface area (Å²) in [5.41, 5.74) is 7.61. The van der Waals surface area contributed by atoms with Gasteiger partial charge in [-0.15, -0.1) is 24.8 Å². The van der Waals surface area contributed by atoms with E-state index < -0.39 is 0 Å². The lowest BCUT2D eigenvalue weighted by atomic mass is 9.93. The van der Waals surface area contributed by atoms with Crippen LogP contribution in [0.4, 0.5) is 5.69 Å². The van der Waals surface area contributed by atoms with Crippen molar-refractivity contribution in [2.75, 3.05) is 19.0 Å². The molecule has 19 heavy (non-hydrogen) atoms. The Morgan fingerprint density at radius 1 is 1.21 bits per heavy atom. The monoisotopic (exact) mass is 306 g/mol. The van der Waals surface area contributed by atoms with Crippen molar-refractivity contribution in [2.24, 2.45) is 5.73 Å². The Balaban J connectivity index is 0. The third-order valence-electron chi connectivity index (χ3n) is 3.00. The van der Waals surface area contributed by atoms with Crippen LogP contribution in [0.5, 0.6) is 0 Å². The number of unbranched alkanes of at least 4 members (excludes halogenated alkanes) is 1. The average molecular weight is 307 g/mol. The van der Waals surface area contributed by atoms with Crippen LogP contribution in [-0.2, 0) is 4.79 Å². The lowest BCUT2D eigenvalue weighted by molar-refractivity contribution is -0.119. The highest BCUT2D eigenvalue weighted by molar-refractivity contribution is 5.85. The van der Waals surface area contributed by atoms with E-state index in [1.54, 1.807) is 0 Å². The molecule has 1 amide bonds. The molecule has 110 valence electrons. The minimum absolute atomic E-state index is 0. The van der Waals surface area contributed by atoms with E-state index in [0.29, 0.717) is 0 Å². The number of primary amides is 1. The molecule has 0 saturated carbocycles. The van der Waals surface area contributed by atoms with E-state index in [-0.39, 0.29) is 36.6 Å². The van der Waals surface area contributed by atoms with Crippen molar-refractivity contribution >= 4 is 36.4 Å². The lowest BCUT2D eigenvalue weighted by Gasteiger charge is -2.16. The second-order valence-electron chi connectivity index (χ2n) is 4.58. The maximum Gasteiger partial charge on any atom is 0.224 e.